The average Bonchev–Trinajstić information content (AvgIpc) is 2.59. The molecule has 2 rings (SSSR count). The van der Waals surface area contributed by atoms with Crippen LogP contribution in [-0.4, -0.2) is 34.6 Å². The molecule has 0 atom stereocenters. The fourth-order valence-electron chi connectivity index (χ4n) is 1.92. The highest BCUT2D eigenvalue weighted by atomic mass is 32.2. The van der Waals surface area contributed by atoms with E-state index in [0.29, 0.717) is 5.75 Å². The first kappa shape index (κ1) is 17.0. The first-order valence-corrected chi connectivity index (χ1v) is 8.38. The van der Waals surface area contributed by atoms with Gasteiger partial charge < -0.3 is 9.47 Å². The molecule has 0 amide bonds. The first-order valence-electron chi connectivity index (χ1n) is 6.89. The maximum absolute atomic E-state index is 12.3. The Balaban J connectivity index is 2.01. The Morgan fingerprint density at radius 1 is 1.04 bits per heavy atom. The molecule has 0 aliphatic carbocycles. The van der Waals surface area contributed by atoms with Gasteiger partial charge in [0.2, 0.25) is 10.0 Å². The van der Waals surface area contributed by atoms with E-state index in [0.717, 1.165) is 0 Å². The van der Waals surface area contributed by atoms with Crippen LogP contribution >= 0.6 is 0 Å². The van der Waals surface area contributed by atoms with Gasteiger partial charge in [-0.05, 0) is 24.3 Å². The van der Waals surface area contributed by atoms with Gasteiger partial charge in [-0.1, -0.05) is 30.3 Å². The van der Waals surface area contributed by atoms with Gasteiger partial charge in [-0.3, -0.25) is 0 Å². The van der Waals surface area contributed by atoms with Crippen LogP contribution in [0.15, 0.2) is 59.5 Å². The van der Waals surface area contributed by atoms with E-state index in [1.165, 1.54) is 19.2 Å². The zero-order chi connectivity index (χ0) is 16.7. The summed E-state index contributed by atoms with van der Waals surface area (Å²) in [5, 5.41) is 0. The Bertz CT molecular complexity index is 759. The second-order valence-electron chi connectivity index (χ2n) is 4.55. The summed E-state index contributed by atoms with van der Waals surface area (Å²) in [7, 11) is -2.63. The van der Waals surface area contributed by atoms with Crippen LogP contribution in [0.5, 0.6) is 5.75 Å². The molecule has 122 valence electrons. The summed E-state index contributed by atoms with van der Waals surface area (Å²) < 4.78 is 37.0. The molecule has 0 unspecified atom stereocenters. The van der Waals surface area contributed by atoms with E-state index >= 15 is 0 Å². The van der Waals surface area contributed by atoms with Gasteiger partial charge in [-0.2, -0.15) is 0 Å². The lowest BCUT2D eigenvalue weighted by atomic mass is 10.2. The lowest BCUT2D eigenvalue weighted by Gasteiger charge is -2.11. The lowest BCUT2D eigenvalue weighted by molar-refractivity contribution is 0.0596. The van der Waals surface area contributed by atoms with Crippen molar-refractivity contribution in [1.29, 1.82) is 0 Å². The van der Waals surface area contributed by atoms with Gasteiger partial charge in [0.05, 0.1) is 17.6 Å². The molecule has 2 aromatic rings. The van der Waals surface area contributed by atoms with E-state index < -0.39 is 16.0 Å². The number of nitrogens with one attached hydrogen (secondary N) is 1. The Hall–Kier alpha value is -2.38. The summed E-state index contributed by atoms with van der Waals surface area (Å²) >= 11 is 0. The van der Waals surface area contributed by atoms with Crippen molar-refractivity contribution < 1.29 is 22.7 Å². The molecule has 0 saturated carbocycles. The van der Waals surface area contributed by atoms with Gasteiger partial charge in [0.25, 0.3) is 0 Å². The molecular weight excluding hydrogens is 318 g/mol. The lowest BCUT2D eigenvalue weighted by Crippen LogP contribution is -2.29. The number of ether oxygens (including phenoxy) is 2. The molecule has 23 heavy (non-hydrogen) atoms. The van der Waals surface area contributed by atoms with Crippen LogP contribution in [0.25, 0.3) is 0 Å². The minimum absolute atomic E-state index is 0.00789. The smallest absolute Gasteiger partial charge is 0.339 e. The maximum Gasteiger partial charge on any atom is 0.339 e. The molecule has 7 heteroatoms. The van der Waals surface area contributed by atoms with Crippen LogP contribution in [0.2, 0.25) is 0 Å². The minimum atomic E-state index is -3.83. The summed E-state index contributed by atoms with van der Waals surface area (Å²) in [4.78, 5) is 11.5. The molecule has 0 saturated heterocycles. The fraction of sp³-hybridized carbons (Fsp3) is 0.188. The molecule has 2 aromatic carbocycles. The SMILES string of the molecule is COC(=O)c1ccccc1S(=O)(=O)NCCOc1ccccc1. The van der Waals surface area contributed by atoms with E-state index in [9.17, 15) is 13.2 Å². The van der Waals surface area contributed by atoms with E-state index in [1.807, 2.05) is 18.2 Å². The van der Waals surface area contributed by atoms with E-state index in [4.69, 9.17) is 4.74 Å². The largest absolute Gasteiger partial charge is 0.492 e. The quantitative estimate of drug-likeness (QED) is 0.617. The number of para-hydroxylation sites is 1. The summed E-state index contributed by atoms with van der Waals surface area (Å²) in [6.07, 6.45) is 0. The predicted molar refractivity (Wildman–Crippen MR) is 84.9 cm³/mol. The molecule has 6 nitrogen and oxygen atoms in total. The third-order valence-corrected chi connectivity index (χ3v) is 4.51. The molecule has 0 aliphatic rings. The second-order valence-corrected chi connectivity index (χ2v) is 6.28. The number of methoxy groups -OCH3 is 1. The molecular formula is C16H17NO5S. The monoisotopic (exact) mass is 335 g/mol. The highest BCUT2D eigenvalue weighted by molar-refractivity contribution is 7.89. The first-order chi connectivity index (χ1) is 11.0. The van der Waals surface area contributed by atoms with Crippen LogP contribution < -0.4 is 9.46 Å². The van der Waals surface area contributed by atoms with Gasteiger partial charge in [0.15, 0.2) is 0 Å². The molecule has 0 aromatic heterocycles. The van der Waals surface area contributed by atoms with Crippen LogP contribution in [0.3, 0.4) is 0 Å². The predicted octanol–water partition coefficient (Wildman–Crippen LogP) is 1.83. The molecule has 0 bridgehead atoms. The van der Waals surface area contributed by atoms with E-state index in [1.54, 1.807) is 24.3 Å². The van der Waals surface area contributed by atoms with Crippen molar-refractivity contribution in [1.82, 2.24) is 4.72 Å². The van der Waals surface area contributed by atoms with Crippen molar-refractivity contribution in [3.8, 4) is 5.75 Å². The number of benzene rings is 2. The van der Waals surface area contributed by atoms with Crippen molar-refractivity contribution >= 4 is 16.0 Å². The maximum atomic E-state index is 12.3. The number of carbonyl (C=O) groups excluding carboxylic acids is 1. The van der Waals surface area contributed by atoms with Crippen LogP contribution in [0, 0.1) is 0 Å². The summed E-state index contributed by atoms with van der Waals surface area (Å²) in [5.74, 6) is -0.0480. The Morgan fingerprint density at radius 3 is 2.39 bits per heavy atom. The third-order valence-electron chi connectivity index (χ3n) is 2.99. The number of carbonyl (C=O) groups is 1. The Kier molecular flexibility index (Phi) is 5.72. The Morgan fingerprint density at radius 2 is 1.70 bits per heavy atom. The molecule has 0 aliphatic heterocycles. The van der Waals surface area contributed by atoms with Crippen LogP contribution in [0.1, 0.15) is 10.4 Å². The van der Waals surface area contributed by atoms with Crippen molar-refractivity contribution in [2.75, 3.05) is 20.3 Å². The Labute approximate surface area is 135 Å². The number of sulfonamides is 1. The van der Waals surface area contributed by atoms with Crippen molar-refractivity contribution in [3.05, 3.63) is 60.2 Å². The van der Waals surface area contributed by atoms with E-state index in [2.05, 4.69) is 9.46 Å². The summed E-state index contributed by atoms with van der Waals surface area (Å²) in [6.45, 7) is 0.246. The summed E-state index contributed by atoms with van der Waals surface area (Å²) in [5.41, 5.74) is -0.00789. The third kappa shape index (κ3) is 4.54. The number of hydrogen-bond acceptors (Lipinski definition) is 5. The average molecular weight is 335 g/mol. The van der Waals surface area contributed by atoms with Gasteiger partial charge in [-0.25, -0.2) is 17.9 Å². The molecule has 1 N–H and O–H groups in total. The van der Waals surface area contributed by atoms with Gasteiger partial charge >= 0.3 is 5.97 Å². The minimum Gasteiger partial charge on any atom is -0.492 e. The second kappa shape index (κ2) is 7.75. The van der Waals surface area contributed by atoms with Crippen molar-refractivity contribution in [2.45, 2.75) is 4.90 Å². The zero-order valence-electron chi connectivity index (χ0n) is 12.6. The van der Waals surface area contributed by atoms with Crippen LogP contribution in [0.4, 0.5) is 0 Å². The van der Waals surface area contributed by atoms with Crippen LogP contribution in [-0.2, 0) is 14.8 Å². The number of rotatable bonds is 7. The standard InChI is InChI=1S/C16H17NO5S/c1-21-16(18)14-9-5-6-10-15(14)23(19,20)17-11-12-22-13-7-3-2-4-8-13/h2-10,17H,11-12H2,1H3. The molecule has 0 heterocycles. The highest BCUT2D eigenvalue weighted by Crippen LogP contribution is 2.16. The van der Waals surface area contributed by atoms with Crippen molar-refractivity contribution in [2.24, 2.45) is 0 Å². The highest BCUT2D eigenvalue weighted by Gasteiger charge is 2.22. The van der Waals surface area contributed by atoms with Gasteiger partial charge in [0.1, 0.15) is 12.4 Å². The van der Waals surface area contributed by atoms with Gasteiger partial charge in [-0.15, -0.1) is 0 Å². The number of esters is 1. The van der Waals surface area contributed by atoms with Gasteiger partial charge in [0, 0.05) is 6.54 Å². The molecule has 0 fully saturated rings. The normalized spacial score (nSPS) is 11.0. The fourth-order valence-corrected chi connectivity index (χ4v) is 3.13. The zero-order valence-corrected chi connectivity index (χ0v) is 13.4. The van der Waals surface area contributed by atoms with Crippen molar-refractivity contribution in [3.63, 3.8) is 0 Å². The topological polar surface area (TPSA) is 81.7 Å². The molecule has 0 radical (unpaired) electrons. The number of hydrogen-bond donors (Lipinski definition) is 1. The summed E-state index contributed by atoms with van der Waals surface area (Å²) in [6, 6.07) is 14.9. The van der Waals surface area contributed by atoms with E-state index in [-0.39, 0.29) is 23.6 Å². The molecule has 0 spiro atoms.